The van der Waals surface area contributed by atoms with Gasteiger partial charge in [-0.15, -0.1) is 10.2 Å². The molecule has 3 heterocycles. The Balaban J connectivity index is 1.46. The fourth-order valence-corrected chi connectivity index (χ4v) is 5.85. The van der Waals surface area contributed by atoms with E-state index < -0.39 is 5.60 Å². The summed E-state index contributed by atoms with van der Waals surface area (Å²) in [6.07, 6.45) is 7.24. The van der Waals surface area contributed by atoms with Crippen molar-refractivity contribution in [2.24, 2.45) is 0 Å². The highest BCUT2D eigenvalue weighted by Gasteiger charge is 2.48. The number of rotatable bonds is 3. The smallest absolute Gasteiger partial charge is 0.155 e. The molecule has 2 aromatic rings. The molecule has 0 bridgehead atoms. The number of aromatic nitrogens is 2. The first-order valence-corrected chi connectivity index (χ1v) is 11.6. The number of phenolic OH excluding ortho intramolecular Hbond substituents is 1. The second kappa shape index (κ2) is 7.43. The lowest BCUT2D eigenvalue weighted by Gasteiger charge is -2.31. The monoisotopic (exact) mass is 423 g/mol. The molecule has 0 amide bonds. The zero-order valence-corrected chi connectivity index (χ0v) is 17.7. The predicted molar refractivity (Wildman–Crippen MR) is 115 cm³/mol. The molecule has 1 aromatic carbocycles. The van der Waals surface area contributed by atoms with Gasteiger partial charge in [-0.3, -0.25) is 0 Å². The van der Waals surface area contributed by atoms with Crippen LogP contribution in [0.25, 0.3) is 11.3 Å². The van der Waals surface area contributed by atoms with E-state index in [4.69, 9.17) is 9.47 Å². The van der Waals surface area contributed by atoms with Gasteiger partial charge in [-0.25, -0.2) is 0 Å². The van der Waals surface area contributed by atoms with Crippen LogP contribution in [0.1, 0.15) is 60.8 Å². The Morgan fingerprint density at radius 3 is 2.81 bits per heavy atom. The molecule has 3 atom stereocenters. The van der Waals surface area contributed by atoms with Gasteiger partial charge < -0.3 is 25.0 Å². The average molecular weight is 424 g/mol. The van der Waals surface area contributed by atoms with E-state index in [1.807, 2.05) is 6.07 Å². The molecule has 2 aliphatic carbocycles. The summed E-state index contributed by atoms with van der Waals surface area (Å²) in [5.74, 6) is 1.02. The van der Waals surface area contributed by atoms with Gasteiger partial charge in [-0.1, -0.05) is 18.9 Å². The third-order valence-corrected chi connectivity index (χ3v) is 7.57. The zero-order chi connectivity index (χ0) is 21.0. The maximum atomic E-state index is 11.0. The largest absolute Gasteiger partial charge is 0.507 e. The summed E-state index contributed by atoms with van der Waals surface area (Å²) in [6.45, 7) is 1.55. The van der Waals surface area contributed by atoms with Gasteiger partial charge in [0.15, 0.2) is 5.82 Å². The Bertz CT molecular complexity index is 1020. The lowest BCUT2D eigenvalue weighted by atomic mass is 9.88. The van der Waals surface area contributed by atoms with Crippen LogP contribution >= 0.6 is 0 Å². The number of hydrogen-bond acceptors (Lipinski definition) is 7. The van der Waals surface area contributed by atoms with Gasteiger partial charge in [-0.2, -0.15) is 0 Å². The summed E-state index contributed by atoms with van der Waals surface area (Å²) in [4.78, 5) is 0. The molecule has 3 N–H and O–H groups in total. The van der Waals surface area contributed by atoms with Gasteiger partial charge in [-0.05, 0) is 49.3 Å². The summed E-state index contributed by atoms with van der Waals surface area (Å²) >= 11 is 0. The topological polar surface area (TPSA) is 96.7 Å². The second-order valence-electron chi connectivity index (χ2n) is 9.39. The van der Waals surface area contributed by atoms with E-state index in [9.17, 15) is 10.2 Å². The average Bonchev–Trinajstić information content (AvgIpc) is 3.52. The third-order valence-electron chi connectivity index (χ3n) is 7.57. The minimum atomic E-state index is -0.533. The molecule has 164 valence electrons. The summed E-state index contributed by atoms with van der Waals surface area (Å²) in [5, 5.41) is 34.2. The number of ether oxygens (including phenoxy) is 2. The Morgan fingerprint density at radius 1 is 1.06 bits per heavy atom. The van der Waals surface area contributed by atoms with Crippen molar-refractivity contribution in [1.29, 1.82) is 0 Å². The highest BCUT2D eigenvalue weighted by molar-refractivity contribution is 5.76. The number of benzene rings is 1. The Hall–Kier alpha value is -2.22. The van der Waals surface area contributed by atoms with Crippen molar-refractivity contribution in [3.8, 4) is 17.0 Å². The zero-order valence-electron chi connectivity index (χ0n) is 17.7. The SMILES string of the molecule is Oc1c(-c2nnc(N[C@@H]3CCCC[C@H]3O)c3c2COC32CCOC2)ccc2c1CCC2. The lowest BCUT2D eigenvalue weighted by Crippen LogP contribution is -2.38. The van der Waals surface area contributed by atoms with Crippen LogP contribution < -0.4 is 5.32 Å². The number of aromatic hydroxyl groups is 1. The molecule has 2 fully saturated rings. The molecule has 2 aliphatic heterocycles. The summed E-state index contributed by atoms with van der Waals surface area (Å²) in [7, 11) is 0. The van der Waals surface area contributed by atoms with Crippen molar-refractivity contribution in [3.63, 3.8) is 0 Å². The molecule has 1 unspecified atom stereocenters. The first-order valence-electron chi connectivity index (χ1n) is 11.6. The van der Waals surface area contributed by atoms with E-state index in [1.165, 1.54) is 5.56 Å². The van der Waals surface area contributed by atoms with Crippen LogP contribution in [0.2, 0.25) is 0 Å². The summed E-state index contributed by atoms with van der Waals surface area (Å²) in [6, 6.07) is 4.05. The van der Waals surface area contributed by atoms with E-state index in [0.717, 1.165) is 73.6 Å². The van der Waals surface area contributed by atoms with Crippen molar-refractivity contribution >= 4 is 5.82 Å². The van der Waals surface area contributed by atoms with Crippen LogP contribution in [0, 0.1) is 0 Å². The molecule has 1 saturated heterocycles. The molecule has 1 saturated carbocycles. The normalized spacial score (nSPS) is 29.3. The number of fused-ring (bicyclic) bond motifs is 3. The number of hydrogen-bond donors (Lipinski definition) is 3. The van der Waals surface area contributed by atoms with Crippen LogP contribution in [-0.2, 0) is 34.5 Å². The van der Waals surface area contributed by atoms with Crippen molar-refractivity contribution in [2.75, 3.05) is 18.5 Å². The van der Waals surface area contributed by atoms with E-state index in [2.05, 4.69) is 21.6 Å². The van der Waals surface area contributed by atoms with E-state index in [0.29, 0.717) is 37.1 Å². The highest BCUT2D eigenvalue weighted by atomic mass is 16.6. The quantitative estimate of drug-likeness (QED) is 0.698. The van der Waals surface area contributed by atoms with Crippen LogP contribution in [0.3, 0.4) is 0 Å². The Kier molecular flexibility index (Phi) is 4.67. The number of phenols is 1. The second-order valence-corrected chi connectivity index (χ2v) is 9.39. The molecule has 1 aromatic heterocycles. The minimum Gasteiger partial charge on any atom is -0.507 e. The number of nitrogens with one attached hydrogen (secondary N) is 1. The molecule has 4 aliphatic rings. The number of nitrogens with zero attached hydrogens (tertiary/aromatic N) is 2. The van der Waals surface area contributed by atoms with Gasteiger partial charge >= 0.3 is 0 Å². The minimum absolute atomic E-state index is 0.0358. The number of aryl methyl sites for hydroxylation is 1. The molecular formula is C24H29N3O4. The van der Waals surface area contributed by atoms with Crippen molar-refractivity contribution in [1.82, 2.24) is 10.2 Å². The van der Waals surface area contributed by atoms with Crippen LogP contribution in [-0.4, -0.2) is 45.8 Å². The van der Waals surface area contributed by atoms with Crippen molar-refractivity contribution < 1.29 is 19.7 Å². The van der Waals surface area contributed by atoms with E-state index >= 15 is 0 Å². The lowest BCUT2D eigenvalue weighted by molar-refractivity contribution is -0.0418. The van der Waals surface area contributed by atoms with Gasteiger partial charge in [0.25, 0.3) is 0 Å². The van der Waals surface area contributed by atoms with Gasteiger partial charge in [0.05, 0.1) is 25.4 Å². The first kappa shape index (κ1) is 19.5. The van der Waals surface area contributed by atoms with Crippen LogP contribution in [0.15, 0.2) is 12.1 Å². The molecule has 31 heavy (non-hydrogen) atoms. The maximum absolute atomic E-state index is 11.0. The van der Waals surface area contributed by atoms with Crippen LogP contribution in [0.4, 0.5) is 5.82 Å². The molecular weight excluding hydrogens is 394 g/mol. The van der Waals surface area contributed by atoms with Crippen molar-refractivity contribution in [3.05, 3.63) is 34.4 Å². The highest BCUT2D eigenvalue weighted by Crippen LogP contribution is 2.49. The van der Waals surface area contributed by atoms with E-state index in [1.54, 1.807) is 0 Å². The molecule has 7 nitrogen and oxygen atoms in total. The molecule has 1 spiro atoms. The fraction of sp³-hybridized carbons (Fsp3) is 0.583. The Labute approximate surface area is 181 Å². The van der Waals surface area contributed by atoms with E-state index in [-0.39, 0.29) is 12.1 Å². The molecule has 6 rings (SSSR count). The third kappa shape index (κ3) is 3.05. The maximum Gasteiger partial charge on any atom is 0.155 e. The summed E-state index contributed by atoms with van der Waals surface area (Å²) in [5.41, 5.74) is 5.13. The number of anilines is 1. The number of aliphatic hydroxyl groups excluding tert-OH is 1. The first-order chi connectivity index (χ1) is 15.2. The Morgan fingerprint density at radius 2 is 1.97 bits per heavy atom. The predicted octanol–water partition coefficient (Wildman–Crippen LogP) is 3.20. The van der Waals surface area contributed by atoms with Gasteiger partial charge in [0.1, 0.15) is 17.0 Å². The standard InChI is InChI=1S/C24H29N3O4/c28-19-7-2-1-6-18(19)25-23-20-17(12-31-24(20)10-11-30-13-24)21(26-27-23)16-9-8-14-4-3-5-15(14)22(16)29/h8-9,18-19,28-29H,1-7,10-13H2,(H,25,27)/t18-,19-,24?/m1/s1. The fourth-order valence-electron chi connectivity index (χ4n) is 5.85. The van der Waals surface area contributed by atoms with Crippen molar-refractivity contribution in [2.45, 2.75) is 75.7 Å². The number of aliphatic hydroxyl groups is 1. The molecule has 7 heteroatoms. The summed E-state index contributed by atoms with van der Waals surface area (Å²) < 4.78 is 12.1. The van der Waals surface area contributed by atoms with Gasteiger partial charge in [0, 0.05) is 29.7 Å². The molecule has 0 radical (unpaired) electrons. The van der Waals surface area contributed by atoms with Gasteiger partial charge in [0.2, 0.25) is 0 Å². The van der Waals surface area contributed by atoms with Crippen LogP contribution in [0.5, 0.6) is 5.75 Å².